The van der Waals surface area contributed by atoms with E-state index in [4.69, 9.17) is 10.2 Å². The lowest BCUT2D eigenvalue weighted by Gasteiger charge is -2.05. The third-order valence-corrected chi connectivity index (χ3v) is 2.79. The summed E-state index contributed by atoms with van der Waals surface area (Å²) in [5, 5.41) is 17.2. The van der Waals surface area contributed by atoms with Crippen LogP contribution in [0, 0.1) is 0 Å². The van der Waals surface area contributed by atoms with Gasteiger partial charge in [-0.25, -0.2) is 19.6 Å². The van der Waals surface area contributed by atoms with Crippen LogP contribution >= 0.6 is 0 Å². The van der Waals surface area contributed by atoms with Gasteiger partial charge in [-0.3, -0.25) is 0 Å². The quantitative estimate of drug-likeness (QED) is 0.421. The molecular formula is C14H8N2O6. The van der Waals surface area contributed by atoms with Crippen LogP contribution in [-0.2, 0) is 0 Å². The maximum atomic E-state index is 10.5. The van der Waals surface area contributed by atoms with Gasteiger partial charge in [0.25, 0.3) is 0 Å². The van der Waals surface area contributed by atoms with Gasteiger partial charge in [0.2, 0.25) is 0 Å². The van der Waals surface area contributed by atoms with Crippen LogP contribution in [-0.4, -0.2) is 32.5 Å². The molecule has 0 fully saturated rings. The van der Waals surface area contributed by atoms with Crippen molar-refractivity contribution < 1.29 is 29.3 Å². The summed E-state index contributed by atoms with van der Waals surface area (Å²) in [4.78, 5) is 29.7. The monoisotopic (exact) mass is 300 g/mol. The Kier molecular flexibility index (Phi) is 3.18. The van der Waals surface area contributed by atoms with Crippen molar-refractivity contribution in [2.45, 2.75) is 0 Å². The first kappa shape index (κ1) is 13.6. The molecule has 0 aliphatic carbocycles. The number of rotatable bonds is 2. The molecule has 0 radical (unpaired) electrons. The number of carboxylic acid groups (broad SMARTS) is 2. The number of benzene rings is 2. The Hall–Kier alpha value is -3.42. The van der Waals surface area contributed by atoms with Crippen molar-refractivity contribution in [1.82, 2.24) is 9.97 Å². The van der Waals surface area contributed by atoms with Crippen LogP contribution in [0.5, 0.6) is 11.5 Å². The van der Waals surface area contributed by atoms with Crippen molar-refractivity contribution in [2.24, 2.45) is 0 Å². The van der Waals surface area contributed by atoms with E-state index in [0.29, 0.717) is 22.1 Å². The molecule has 0 bridgehead atoms. The minimum Gasteiger partial charge on any atom is -0.449 e. The number of ether oxygens (including phenoxy) is 2. The van der Waals surface area contributed by atoms with Crippen LogP contribution < -0.4 is 9.47 Å². The second kappa shape index (κ2) is 5.17. The molecule has 2 N–H and O–H groups in total. The second-order valence-electron chi connectivity index (χ2n) is 4.26. The minimum absolute atomic E-state index is 0.138. The zero-order valence-corrected chi connectivity index (χ0v) is 10.9. The molecule has 0 saturated heterocycles. The fourth-order valence-corrected chi connectivity index (χ4v) is 1.96. The summed E-state index contributed by atoms with van der Waals surface area (Å²) in [5.41, 5.74) is 1.94. The van der Waals surface area contributed by atoms with Gasteiger partial charge in [0.15, 0.2) is 0 Å². The molecule has 3 rings (SSSR count). The molecule has 1 aromatic heterocycles. The molecule has 0 atom stereocenters. The number of hydrogen-bond acceptors (Lipinski definition) is 6. The van der Waals surface area contributed by atoms with Crippen molar-refractivity contribution in [3.05, 3.63) is 36.4 Å². The van der Waals surface area contributed by atoms with Gasteiger partial charge in [0, 0.05) is 12.1 Å². The van der Waals surface area contributed by atoms with Gasteiger partial charge in [-0.2, -0.15) is 0 Å². The maximum absolute atomic E-state index is 10.5. The van der Waals surface area contributed by atoms with E-state index in [0.717, 1.165) is 0 Å². The molecule has 8 heteroatoms. The zero-order valence-electron chi connectivity index (χ0n) is 10.9. The van der Waals surface area contributed by atoms with E-state index in [1.54, 1.807) is 12.1 Å². The standard InChI is InChI=1S/C14H8N2O6/c17-13(18)21-7-1-3-9-11(5-7)16-10-4-2-8(22-14(19)20)6-12(10)15-9/h1-6H,(H,17,18)(H,19,20). The number of carbonyl (C=O) groups is 2. The summed E-state index contributed by atoms with van der Waals surface area (Å²) >= 11 is 0. The second-order valence-corrected chi connectivity index (χ2v) is 4.26. The fourth-order valence-electron chi connectivity index (χ4n) is 1.96. The van der Waals surface area contributed by atoms with Crippen molar-refractivity contribution in [3.8, 4) is 11.5 Å². The third-order valence-electron chi connectivity index (χ3n) is 2.79. The van der Waals surface area contributed by atoms with Gasteiger partial charge in [0.05, 0.1) is 22.1 Å². The SMILES string of the molecule is O=C(O)Oc1ccc2nc3cc(OC(=O)O)ccc3nc2c1. The average molecular weight is 300 g/mol. The Morgan fingerprint density at radius 1 is 0.727 bits per heavy atom. The van der Waals surface area contributed by atoms with E-state index < -0.39 is 12.3 Å². The number of hydrogen-bond donors (Lipinski definition) is 2. The molecule has 2 aromatic carbocycles. The molecule has 3 aromatic rings. The van der Waals surface area contributed by atoms with Crippen molar-refractivity contribution in [2.75, 3.05) is 0 Å². The molecule has 110 valence electrons. The summed E-state index contributed by atoms with van der Waals surface area (Å²) < 4.78 is 9.12. The maximum Gasteiger partial charge on any atom is 0.511 e. The van der Waals surface area contributed by atoms with Crippen LogP contribution in [0.15, 0.2) is 36.4 Å². The molecule has 0 aliphatic heterocycles. The first-order chi connectivity index (χ1) is 10.5. The van der Waals surface area contributed by atoms with E-state index in [9.17, 15) is 9.59 Å². The van der Waals surface area contributed by atoms with Crippen molar-refractivity contribution >= 4 is 34.4 Å². The fraction of sp³-hybridized carbons (Fsp3) is 0. The Morgan fingerprint density at radius 2 is 1.14 bits per heavy atom. The Bertz CT molecular complexity index is 833. The lowest BCUT2D eigenvalue weighted by atomic mass is 10.2. The molecule has 0 unspecified atom stereocenters. The molecule has 0 amide bonds. The van der Waals surface area contributed by atoms with Crippen LogP contribution in [0.4, 0.5) is 9.59 Å². The van der Waals surface area contributed by atoms with E-state index in [2.05, 4.69) is 19.4 Å². The minimum atomic E-state index is -1.41. The first-order valence-corrected chi connectivity index (χ1v) is 6.04. The summed E-state index contributed by atoms with van der Waals surface area (Å²) in [5.74, 6) is 0.277. The van der Waals surface area contributed by atoms with E-state index in [1.807, 2.05) is 0 Å². The summed E-state index contributed by atoms with van der Waals surface area (Å²) in [6.07, 6.45) is -2.83. The zero-order chi connectivity index (χ0) is 15.7. The van der Waals surface area contributed by atoms with Crippen LogP contribution in [0.1, 0.15) is 0 Å². The van der Waals surface area contributed by atoms with Crippen molar-refractivity contribution in [1.29, 1.82) is 0 Å². The highest BCUT2D eigenvalue weighted by molar-refractivity contribution is 5.88. The van der Waals surface area contributed by atoms with E-state index in [1.165, 1.54) is 24.3 Å². The summed E-state index contributed by atoms with van der Waals surface area (Å²) in [6, 6.07) is 8.94. The predicted molar refractivity (Wildman–Crippen MR) is 74.3 cm³/mol. The highest BCUT2D eigenvalue weighted by Crippen LogP contribution is 2.23. The van der Waals surface area contributed by atoms with Crippen molar-refractivity contribution in [3.63, 3.8) is 0 Å². The van der Waals surface area contributed by atoms with Gasteiger partial charge in [-0.15, -0.1) is 0 Å². The molecule has 0 spiro atoms. The largest absolute Gasteiger partial charge is 0.511 e. The van der Waals surface area contributed by atoms with Gasteiger partial charge in [-0.1, -0.05) is 0 Å². The first-order valence-electron chi connectivity index (χ1n) is 6.04. The lowest BCUT2D eigenvalue weighted by molar-refractivity contribution is 0.143. The Labute approximate surface area is 122 Å². The number of aromatic nitrogens is 2. The average Bonchev–Trinajstić information content (AvgIpc) is 2.44. The van der Waals surface area contributed by atoms with Crippen LogP contribution in [0.2, 0.25) is 0 Å². The third kappa shape index (κ3) is 2.70. The summed E-state index contributed by atoms with van der Waals surface area (Å²) in [6.45, 7) is 0. The van der Waals surface area contributed by atoms with Crippen LogP contribution in [0.3, 0.4) is 0 Å². The molecule has 0 saturated carbocycles. The normalized spacial score (nSPS) is 10.5. The molecule has 8 nitrogen and oxygen atoms in total. The van der Waals surface area contributed by atoms with Gasteiger partial charge in [-0.05, 0) is 24.3 Å². The number of nitrogens with zero attached hydrogens (tertiary/aromatic N) is 2. The topological polar surface area (TPSA) is 119 Å². The van der Waals surface area contributed by atoms with Gasteiger partial charge >= 0.3 is 12.3 Å². The van der Waals surface area contributed by atoms with E-state index in [-0.39, 0.29) is 11.5 Å². The predicted octanol–water partition coefficient (Wildman–Crippen LogP) is 2.90. The molecule has 1 heterocycles. The Balaban J connectivity index is 2.08. The molecular weight excluding hydrogens is 292 g/mol. The summed E-state index contributed by atoms with van der Waals surface area (Å²) in [7, 11) is 0. The lowest BCUT2D eigenvalue weighted by Crippen LogP contribution is -2.03. The highest BCUT2D eigenvalue weighted by Gasteiger charge is 2.08. The number of fused-ring (bicyclic) bond motifs is 2. The highest BCUT2D eigenvalue weighted by atomic mass is 16.7. The Morgan fingerprint density at radius 3 is 1.50 bits per heavy atom. The molecule has 0 aliphatic rings. The van der Waals surface area contributed by atoms with Gasteiger partial charge < -0.3 is 19.7 Å². The smallest absolute Gasteiger partial charge is 0.449 e. The van der Waals surface area contributed by atoms with Crippen LogP contribution in [0.25, 0.3) is 22.1 Å². The van der Waals surface area contributed by atoms with Gasteiger partial charge in [0.1, 0.15) is 11.5 Å². The molecule has 22 heavy (non-hydrogen) atoms. The van der Waals surface area contributed by atoms with E-state index >= 15 is 0 Å².